The Morgan fingerprint density at radius 3 is 2.33 bits per heavy atom. The third-order valence-electron chi connectivity index (χ3n) is 3.13. The van der Waals surface area contributed by atoms with Crippen molar-refractivity contribution in [2.75, 3.05) is 20.8 Å². The van der Waals surface area contributed by atoms with Crippen molar-refractivity contribution in [1.82, 2.24) is 0 Å². The molecule has 0 aliphatic carbocycles. The summed E-state index contributed by atoms with van der Waals surface area (Å²) >= 11 is 0. The van der Waals surface area contributed by atoms with Crippen LogP contribution in [0.1, 0.15) is 15.9 Å². The van der Waals surface area contributed by atoms with E-state index in [-0.39, 0.29) is 0 Å². The van der Waals surface area contributed by atoms with Crippen molar-refractivity contribution in [3.63, 3.8) is 0 Å². The second-order valence-corrected chi connectivity index (χ2v) is 4.47. The molecule has 0 saturated carbocycles. The summed E-state index contributed by atoms with van der Waals surface area (Å²) in [4.78, 5) is 10.7. The zero-order chi connectivity index (χ0) is 15.1. The molecule has 0 aromatic heterocycles. The van der Waals surface area contributed by atoms with Crippen LogP contribution in [0.4, 0.5) is 0 Å². The maximum atomic E-state index is 10.7. The highest BCUT2D eigenvalue weighted by Gasteiger charge is 2.05. The minimum Gasteiger partial charge on any atom is -0.497 e. The van der Waals surface area contributed by atoms with Gasteiger partial charge in [-0.25, -0.2) is 0 Å². The van der Waals surface area contributed by atoms with E-state index < -0.39 is 0 Å². The molecule has 2 rings (SSSR count). The van der Waals surface area contributed by atoms with Gasteiger partial charge in [-0.15, -0.1) is 0 Å². The lowest BCUT2D eigenvalue weighted by Gasteiger charge is -2.11. The lowest BCUT2D eigenvalue weighted by atomic mass is 10.1. The molecule has 0 heterocycles. The molecule has 0 aliphatic rings. The van der Waals surface area contributed by atoms with Crippen LogP contribution in [0.25, 0.3) is 0 Å². The summed E-state index contributed by atoms with van der Waals surface area (Å²) in [6.07, 6.45) is 1.56. The van der Waals surface area contributed by atoms with E-state index in [1.54, 1.807) is 32.4 Å². The van der Waals surface area contributed by atoms with E-state index in [9.17, 15) is 4.79 Å². The first kappa shape index (κ1) is 14.9. The number of ether oxygens (including phenoxy) is 3. The second kappa shape index (κ2) is 7.33. The summed E-state index contributed by atoms with van der Waals surface area (Å²) < 4.78 is 16.1. The normalized spacial score (nSPS) is 10.0. The molecule has 2 aromatic carbocycles. The maximum absolute atomic E-state index is 10.7. The number of carbonyl (C=O) groups is 1. The molecule has 0 unspecified atom stereocenters. The number of hydrogen-bond donors (Lipinski definition) is 0. The fraction of sp³-hybridized carbons (Fsp3) is 0.235. The molecule has 0 saturated heterocycles. The minimum atomic E-state index is 0.531. The van der Waals surface area contributed by atoms with Crippen LogP contribution in [0.15, 0.2) is 42.5 Å². The zero-order valence-corrected chi connectivity index (χ0v) is 12.2. The Hall–Kier alpha value is -2.49. The van der Waals surface area contributed by atoms with Gasteiger partial charge in [-0.1, -0.05) is 12.1 Å². The van der Waals surface area contributed by atoms with Crippen LogP contribution in [0.5, 0.6) is 17.2 Å². The summed E-state index contributed by atoms with van der Waals surface area (Å²) in [5.74, 6) is 2.04. The average molecular weight is 286 g/mol. The molecule has 0 fully saturated rings. The van der Waals surface area contributed by atoms with Crippen molar-refractivity contribution in [2.24, 2.45) is 0 Å². The fourth-order valence-electron chi connectivity index (χ4n) is 1.95. The molecule has 4 nitrogen and oxygen atoms in total. The quantitative estimate of drug-likeness (QED) is 0.733. The van der Waals surface area contributed by atoms with Gasteiger partial charge in [0, 0.05) is 12.0 Å². The van der Waals surface area contributed by atoms with E-state index in [1.807, 2.05) is 24.3 Å². The van der Waals surface area contributed by atoms with E-state index in [2.05, 4.69) is 0 Å². The van der Waals surface area contributed by atoms with Crippen LogP contribution in [0.2, 0.25) is 0 Å². The predicted molar refractivity (Wildman–Crippen MR) is 80.6 cm³/mol. The molecule has 0 amide bonds. The number of hydrogen-bond acceptors (Lipinski definition) is 4. The van der Waals surface area contributed by atoms with Crippen LogP contribution in [0.3, 0.4) is 0 Å². The molecular weight excluding hydrogens is 268 g/mol. The highest BCUT2D eigenvalue weighted by Crippen LogP contribution is 2.27. The van der Waals surface area contributed by atoms with Gasteiger partial charge in [-0.2, -0.15) is 0 Å². The van der Waals surface area contributed by atoms with Crippen molar-refractivity contribution in [1.29, 1.82) is 0 Å². The Balaban J connectivity index is 1.94. The summed E-state index contributed by atoms with van der Waals surface area (Å²) in [6.45, 7) is 0.531. The van der Waals surface area contributed by atoms with E-state index in [0.717, 1.165) is 18.5 Å². The Morgan fingerprint density at radius 2 is 1.71 bits per heavy atom. The van der Waals surface area contributed by atoms with Gasteiger partial charge in [-0.05, 0) is 35.9 Å². The van der Waals surface area contributed by atoms with Crippen molar-refractivity contribution in [3.8, 4) is 17.2 Å². The SMILES string of the molecule is COc1ccc(CCOc2ccc(C=O)cc2OC)cc1. The number of carbonyl (C=O) groups excluding carboxylic acids is 1. The van der Waals surface area contributed by atoms with E-state index in [1.165, 1.54) is 5.56 Å². The van der Waals surface area contributed by atoms with Crippen LogP contribution in [0, 0.1) is 0 Å². The Labute approximate surface area is 124 Å². The molecule has 0 aliphatic heterocycles. The van der Waals surface area contributed by atoms with Crippen molar-refractivity contribution in [2.45, 2.75) is 6.42 Å². The second-order valence-electron chi connectivity index (χ2n) is 4.47. The van der Waals surface area contributed by atoms with Crippen molar-refractivity contribution in [3.05, 3.63) is 53.6 Å². The topological polar surface area (TPSA) is 44.8 Å². The van der Waals surface area contributed by atoms with E-state index in [0.29, 0.717) is 23.7 Å². The third-order valence-corrected chi connectivity index (χ3v) is 3.13. The molecule has 0 bridgehead atoms. The fourth-order valence-corrected chi connectivity index (χ4v) is 1.95. The molecule has 0 atom stereocenters. The first-order valence-corrected chi connectivity index (χ1v) is 6.65. The molecule has 4 heteroatoms. The Kier molecular flexibility index (Phi) is 5.21. The van der Waals surface area contributed by atoms with Gasteiger partial charge in [0.2, 0.25) is 0 Å². The van der Waals surface area contributed by atoms with Gasteiger partial charge >= 0.3 is 0 Å². The first-order valence-electron chi connectivity index (χ1n) is 6.65. The van der Waals surface area contributed by atoms with E-state index in [4.69, 9.17) is 14.2 Å². The van der Waals surface area contributed by atoms with Gasteiger partial charge in [0.15, 0.2) is 11.5 Å². The van der Waals surface area contributed by atoms with Gasteiger partial charge in [0.25, 0.3) is 0 Å². The number of aldehydes is 1. The lowest BCUT2D eigenvalue weighted by Crippen LogP contribution is -2.03. The van der Waals surface area contributed by atoms with Gasteiger partial charge < -0.3 is 14.2 Å². The van der Waals surface area contributed by atoms with Crippen LogP contribution < -0.4 is 14.2 Å². The van der Waals surface area contributed by atoms with Crippen molar-refractivity contribution >= 4 is 6.29 Å². The van der Waals surface area contributed by atoms with Crippen LogP contribution in [-0.2, 0) is 6.42 Å². The Morgan fingerprint density at radius 1 is 0.952 bits per heavy atom. The summed E-state index contributed by atoms with van der Waals surface area (Å²) in [5, 5.41) is 0. The molecule has 0 spiro atoms. The average Bonchev–Trinajstić information content (AvgIpc) is 2.55. The van der Waals surface area contributed by atoms with Crippen LogP contribution in [-0.4, -0.2) is 27.1 Å². The largest absolute Gasteiger partial charge is 0.497 e. The molecule has 0 N–H and O–H groups in total. The monoisotopic (exact) mass is 286 g/mol. The molecule has 21 heavy (non-hydrogen) atoms. The Bertz CT molecular complexity index is 590. The smallest absolute Gasteiger partial charge is 0.161 e. The number of methoxy groups -OCH3 is 2. The number of rotatable bonds is 7. The standard InChI is InChI=1S/C17H18O4/c1-19-15-6-3-13(4-7-15)9-10-21-16-8-5-14(12-18)11-17(16)20-2/h3-8,11-12H,9-10H2,1-2H3. The predicted octanol–water partition coefficient (Wildman–Crippen LogP) is 3.14. The zero-order valence-electron chi connectivity index (χ0n) is 12.2. The van der Waals surface area contributed by atoms with E-state index >= 15 is 0 Å². The third kappa shape index (κ3) is 3.99. The molecule has 0 radical (unpaired) electrons. The van der Waals surface area contributed by atoms with Crippen LogP contribution >= 0.6 is 0 Å². The van der Waals surface area contributed by atoms with Crippen molar-refractivity contribution < 1.29 is 19.0 Å². The molecule has 2 aromatic rings. The summed E-state index contributed by atoms with van der Waals surface area (Å²) in [7, 11) is 3.20. The first-order chi connectivity index (χ1) is 10.3. The number of benzene rings is 2. The summed E-state index contributed by atoms with van der Waals surface area (Å²) in [5.41, 5.74) is 1.73. The summed E-state index contributed by atoms with van der Waals surface area (Å²) in [6, 6.07) is 13.0. The maximum Gasteiger partial charge on any atom is 0.161 e. The minimum absolute atomic E-state index is 0.531. The molecule has 110 valence electrons. The van der Waals surface area contributed by atoms with Gasteiger partial charge in [-0.3, -0.25) is 4.79 Å². The lowest BCUT2D eigenvalue weighted by molar-refractivity contribution is 0.112. The van der Waals surface area contributed by atoms with Gasteiger partial charge in [0.05, 0.1) is 20.8 Å². The van der Waals surface area contributed by atoms with Gasteiger partial charge in [0.1, 0.15) is 12.0 Å². The highest BCUT2D eigenvalue weighted by atomic mass is 16.5. The molecular formula is C17H18O4. The highest BCUT2D eigenvalue weighted by molar-refractivity contribution is 5.76.